The molecule has 0 bridgehead atoms. The summed E-state index contributed by atoms with van der Waals surface area (Å²) in [5.41, 5.74) is 3.18. The Labute approximate surface area is 194 Å². The first kappa shape index (κ1) is 25.8. The van der Waals surface area contributed by atoms with E-state index >= 15 is 0 Å². The highest BCUT2D eigenvalue weighted by Gasteiger charge is 2.17. The van der Waals surface area contributed by atoms with Crippen LogP contribution in [0.2, 0.25) is 0 Å². The molecule has 0 aliphatic heterocycles. The number of nitrogens with zero attached hydrogens (tertiary/aromatic N) is 5. The van der Waals surface area contributed by atoms with Crippen LogP contribution in [0.25, 0.3) is 0 Å². The van der Waals surface area contributed by atoms with Crippen molar-refractivity contribution >= 4 is 39.6 Å². The van der Waals surface area contributed by atoms with Crippen molar-refractivity contribution in [2.45, 2.75) is 44.7 Å². The number of aromatic nitrogens is 3. The normalized spacial score (nSPS) is 11.3. The fourth-order valence-electron chi connectivity index (χ4n) is 2.76. The second-order valence-corrected chi connectivity index (χ2v) is 9.44. The van der Waals surface area contributed by atoms with Gasteiger partial charge in [-0.2, -0.15) is 15.0 Å². The fraction of sp³-hybridized carbons (Fsp3) is 0.500. The molecule has 0 atom stereocenters. The molecule has 1 amide bonds. The standard InChI is InChI=1S/C20H31N7O3S2/c1-6-26(7-2)18-21-19(27(8-3)9-4)23-20(22-18)31-14-17(28)24-25-32(29,30)16-12-10-15(5)11-13-16/h10-13,25H,6-9,14H2,1-5H3,(H,24,28). The Morgan fingerprint density at radius 1 is 0.906 bits per heavy atom. The zero-order valence-electron chi connectivity index (χ0n) is 19.1. The van der Waals surface area contributed by atoms with Gasteiger partial charge in [0.15, 0.2) is 5.16 Å². The van der Waals surface area contributed by atoms with Gasteiger partial charge in [-0.3, -0.25) is 10.2 Å². The summed E-state index contributed by atoms with van der Waals surface area (Å²) in [6.45, 7) is 12.9. The molecule has 32 heavy (non-hydrogen) atoms. The molecule has 2 N–H and O–H groups in total. The van der Waals surface area contributed by atoms with Gasteiger partial charge in [-0.25, -0.2) is 8.42 Å². The first-order valence-electron chi connectivity index (χ1n) is 10.5. The van der Waals surface area contributed by atoms with E-state index in [9.17, 15) is 13.2 Å². The van der Waals surface area contributed by atoms with E-state index in [1.807, 2.05) is 44.4 Å². The van der Waals surface area contributed by atoms with Crippen LogP contribution in [0.1, 0.15) is 33.3 Å². The topological polar surface area (TPSA) is 120 Å². The zero-order chi connectivity index (χ0) is 23.7. The minimum atomic E-state index is -3.85. The van der Waals surface area contributed by atoms with Gasteiger partial charge >= 0.3 is 0 Å². The summed E-state index contributed by atoms with van der Waals surface area (Å²) in [5.74, 6) is 0.528. The van der Waals surface area contributed by atoms with Gasteiger partial charge < -0.3 is 9.80 Å². The summed E-state index contributed by atoms with van der Waals surface area (Å²) in [7, 11) is -3.85. The van der Waals surface area contributed by atoms with Gasteiger partial charge in [0.1, 0.15) is 0 Å². The predicted molar refractivity (Wildman–Crippen MR) is 127 cm³/mol. The van der Waals surface area contributed by atoms with E-state index in [1.54, 1.807) is 12.1 Å². The van der Waals surface area contributed by atoms with Crippen molar-refractivity contribution in [3.8, 4) is 0 Å². The van der Waals surface area contributed by atoms with Crippen LogP contribution in [-0.4, -0.2) is 61.2 Å². The summed E-state index contributed by atoms with van der Waals surface area (Å²) in [5, 5.41) is 0.403. The van der Waals surface area contributed by atoms with Crippen molar-refractivity contribution in [2.75, 3.05) is 41.7 Å². The molecule has 0 aliphatic rings. The number of hydrogen-bond donors (Lipinski definition) is 2. The molecular weight excluding hydrogens is 450 g/mol. The molecule has 10 nitrogen and oxygen atoms in total. The van der Waals surface area contributed by atoms with Gasteiger partial charge in [0, 0.05) is 26.2 Å². The van der Waals surface area contributed by atoms with Crippen LogP contribution < -0.4 is 20.1 Å². The molecule has 0 unspecified atom stereocenters. The number of aryl methyl sites for hydroxylation is 1. The minimum absolute atomic E-state index is 0.0597. The number of rotatable bonds is 12. The Hall–Kier alpha value is -2.44. The van der Waals surface area contributed by atoms with Crippen LogP contribution in [0.4, 0.5) is 11.9 Å². The predicted octanol–water partition coefficient (Wildman–Crippen LogP) is 1.97. The van der Waals surface area contributed by atoms with Gasteiger partial charge in [0.2, 0.25) is 17.8 Å². The number of sulfonamides is 1. The Kier molecular flexibility index (Phi) is 9.66. The number of anilines is 2. The lowest BCUT2D eigenvalue weighted by Gasteiger charge is -2.23. The van der Waals surface area contributed by atoms with Crippen LogP contribution in [0, 0.1) is 6.92 Å². The van der Waals surface area contributed by atoms with Crippen molar-refractivity contribution in [3.63, 3.8) is 0 Å². The number of nitrogens with one attached hydrogen (secondary N) is 2. The van der Waals surface area contributed by atoms with Crippen molar-refractivity contribution in [1.29, 1.82) is 0 Å². The molecule has 0 fully saturated rings. The lowest BCUT2D eigenvalue weighted by Crippen LogP contribution is -2.42. The monoisotopic (exact) mass is 481 g/mol. The first-order valence-corrected chi connectivity index (χ1v) is 13.0. The van der Waals surface area contributed by atoms with Crippen molar-refractivity contribution < 1.29 is 13.2 Å². The number of amides is 1. The van der Waals surface area contributed by atoms with Crippen LogP contribution in [0.15, 0.2) is 34.3 Å². The van der Waals surface area contributed by atoms with E-state index in [0.717, 1.165) is 43.5 Å². The Balaban J connectivity index is 2.07. The molecule has 0 saturated carbocycles. The minimum Gasteiger partial charge on any atom is -0.341 e. The average Bonchev–Trinajstić information content (AvgIpc) is 2.78. The third kappa shape index (κ3) is 7.04. The van der Waals surface area contributed by atoms with Crippen molar-refractivity contribution in [3.05, 3.63) is 29.8 Å². The lowest BCUT2D eigenvalue weighted by atomic mass is 10.2. The van der Waals surface area contributed by atoms with Crippen LogP contribution in [0.3, 0.4) is 0 Å². The first-order chi connectivity index (χ1) is 15.2. The third-order valence-electron chi connectivity index (χ3n) is 4.67. The van der Waals surface area contributed by atoms with E-state index in [4.69, 9.17) is 0 Å². The van der Waals surface area contributed by atoms with E-state index in [0.29, 0.717) is 17.1 Å². The maximum atomic E-state index is 12.3. The quantitative estimate of drug-likeness (QED) is 0.346. The molecule has 0 radical (unpaired) electrons. The zero-order valence-corrected chi connectivity index (χ0v) is 20.8. The average molecular weight is 482 g/mol. The van der Waals surface area contributed by atoms with Crippen LogP contribution >= 0.6 is 11.8 Å². The molecule has 2 aromatic rings. The maximum absolute atomic E-state index is 12.3. The van der Waals surface area contributed by atoms with Gasteiger partial charge in [-0.05, 0) is 46.8 Å². The van der Waals surface area contributed by atoms with E-state index in [-0.39, 0.29) is 10.6 Å². The number of carbonyl (C=O) groups excluding carboxylic acids is 1. The largest absolute Gasteiger partial charge is 0.341 e. The second-order valence-electron chi connectivity index (χ2n) is 6.82. The van der Waals surface area contributed by atoms with E-state index < -0.39 is 15.9 Å². The van der Waals surface area contributed by atoms with E-state index in [2.05, 4.69) is 25.2 Å². The maximum Gasteiger partial charge on any atom is 0.257 e. The molecular formula is C20H31N7O3S2. The molecule has 1 aromatic heterocycles. The number of thioether (sulfide) groups is 1. The van der Waals surface area contributed by atoms with Crippen LogP contribution in [-0.2, 0) is 14.8 Å². The fourth-order valence-corrected chi connectivity index (χ4v) is 4.25. The Bertz CT molecular complexity index is 963. The lowest BCUT2D eigenvalue weighted by molar-refractivity contribution is -0.119. The van der Waals surface area contributed by atoms with Gasteiger partial charge in [-0.1, -0.05) is 29.5 Å². The van der Waals surface area contributed by atoms with Crippen LogP contribution in [0.5, 0.6) is 0 Å². The molecule has 2 rings (SSSR count). The Morgan fingerprint density at radius 2 is 1.41 bits per heavy atom. The van der Waals surface area contributed by atoms with Gasteiger partial charge in [0.05, 0.1) is 10.6 Å². The highest BCUT2D eigenvalue weighted by Crippen LogP contribution is 2.20. The number of benzene rings is 1. The highest BCUT2D eigenvalue weighted by molar-refractivity contribution is 7.99. The van der Waals surface area contributed by atoms with Gasteiger partial charge in [-0.15, -0.1) is 4.83 Å². The molecule has 1 aromatic carbocycles. The molecule has 1 heterocycles. The molecule has 0 saturated heterocycles. The molecule has 0 aliphatic carbocycles. The van der Waals surface area contributed by atoms with E-state index in [1.165, 1.54) is 12.1 Å². The smallest absolute Gasteiger partial charge is 0.257 e. The Morgan fingerprint density at radius 3 is 1.88 bits per heavy atom. The number of hydrogen-bond acceptors (Lipinski definition) is 9. The summed E-state index contributed by atoms with van der Waals surface area (Å²) in [4.78, 5) is 32.0. The summed E-state index contributed by atoms with van der Waals surface area (Å²) >= 11 is 1.12. The summed E-state index contributed by atoms with van der Waals surface area (Å²) in [6.07, 6.45) is 0. The highest BCUT2D eigenvalue weighted by atomic mass is 32.2. The summed E-state index contributed by atoms with van der Waals surface area (Å²) < 4.78 is 24.6. The van der Waals surface area contributed by atoms with Crippen molar-refractivity contribution in [2.24, 2.45) is 0 Å². The molecule has 0 spiro atoms. The number of carbonyl (C=O) groups is 1. The molecule has 12 heteroatoms. The third-order valence-corrected chi connectivity index (χ3v) is 6.78. The van der Waals surface area contributed by atoms with Gasteiger partial charge in [0.25, 0.3) is 10.0 Å². The molecule has 176 valence electrons. The SMILES string of the molecule is CCN(CC)c1nc(SCC(=O)NNS(=O)(=O)c2ccc(C)cc2)nc(N(CC)CC)n1. The summed E-state index contributed by atoms with van der Waals surface area (Å²) in [6, 6.07) is 6.33. The second kappa shape index (κ2) is 12.0. The number of hydrazine groups is 1. The van der Waals surface area contributed by atoms with Crippen molar-refractivity contribution in [1.82, 2.24) is 25.2 Å².